The SMILES string of the molecule is CC1CCN(Cc2ccsc2C(=O)O)CC1O. The zero-order valence-electron chi connectivity index (χ0n) is 9.80. The van der Waals surface area contributed by atoms with Gasteiger partial charge in [-0.2, -0.15) is 0 Å². The maximum atomic E-state index is 11.0. The van der Waals surface area contributed by atoms with Crippen LogP contribution in [-0.2, 0) is 6.54 Å². The molecular formula is C12H17NO3S. The van der Waals surface area contributed by atoms with Crippen LogP contribution in [0.3, 0.4) is 0 Å². The van der Waals surface area contributed by atoms with Crippen LogP contribution < -0.4 is 0 Å². The van der Waals surface area contributed by atoms with Gasteiger partial charge >= 0.3 is 5.97 Å². The van der Waals surface area contributed by atoms with Crippen molar-refractivity contribution < 1.29 is 15.0 Å². The molecule has 1 fully saturated rings. The summed E-state index contributed by atoms with van der Waals surface area (Å²) < 4.78 is 0. The molecule has 94 valence electrons. The number of rotatable bonds is 3. The van der Waals surface area contributed by atoms with Crippen molar-refractivity contribution in [3.8, 4) is 0 Å². The average Bonchev–Trinajstić information content (AvgIpc) is 2.72. The van der Waals surface area contributed by atoms with Gasteiger partial charge in [0.15, 0.2) is 0 Å². The van der Waals surface area contributed by atoms with Crippen LogP contribution in [0.4, 0.5) is 0 Å². The molecule has 0 bridgehead atoms. The number of likely N-dealkylation sites (tertiary alicyclic amines) is 1. The number of aliphatic hydroxyl groups is 1. The Morgan fingerprint density at radius 1 is 1.65 bits per heavy atom. The Kier molecular flexibility index (Phi) is 3.81. The fraction of sp³-hybridized carbons (Fsp3) is 0.583. The molecule has 4 nitrogen and oxygen atoms in total. The quantitative estimate of drug-likeness (QED) is 0.862. The molecule has 1 aromatic heterocycles. The van der Waals surface area contributed by atoms with Gasteiger partial charge in [-0.25, -0.2) is 4.79 Å². The smallest absolute Gasteiger partial charge is 0.346 e. The zero-order valence-corrected chi connectivity index (χ0v) is 10.6. The van der Waals surface area contributed by atoms with Gasteiger partial charge in [-0.05, 0) is 35.9 Å². The monoisotopic (exact) mass is 255 g/mol. The first kappa shape index (κ1) is 12.5. The molecule has 2 heterocycles. The molecule has 2 N–H and O–H groups in total. The molecule has 2 atom stereocenters. The van der Waals surface area contributed by atoms with E-state index in [4.69, 9.17) is 5.11 Å². The van der Waals surface area contributed by atoms with E-state index in [1.165, 1.54) is 11.3 Å². The topological polar surface area (TPSA) is 60.8 Å². The lowest BCUT2D eigenvalue weighted by Gasteiger charge is -2.34. The normalized spacial score (nSPS) is 26.0. The van der Waals surface area contributed by atoms with Crippen molar-refractivity contribution in [1.82, 2.24) is 4.90 Å². The molecule has 1 aromatic rings. The van der Waals surface area contributed by atoms with E-state index in [-0.39, 0.29) is 6.10 Å². The lowest BCUT2D eigenvalue weighted by atomic mass is 9.96. The number of hydrogen-bond donors (Lipinski definition) is 2. The lowest BCUT2D eigenvalue weighted by Crippen LogP contribution is -2.42. The minimum Gasteiger partial charge on any atom is -0.477 e. The van der Waals surface area contributed by atoms with Crippen molar-refractivity contribution in [1.29, 1.82) is 0 Å². The van der Waals surface area contributed by atoms with Gasteiger partial charge < -0.3 is 10.2 Å². The van der Waals surface area contributed by atoms with Gasteiger partial charge in [-0.1, -0.05) is 6.92 Å². The van der Waals surface area contributed by atoms with E-state index in [9.17, 15) is 9.90 Å². The summed E-state index contributed by atoms with van der Waals surface area (Å²) in [5.74, 6) is -0.520. The zero-order chi connectivity index (χ0) is 12.4. The van der Waals surface area contributed by atoms with Crippen LogP contribution in [0.25, 0.3) is 0 Å². The van der Waals surface area contributed by atoms with Gasteiger partial charge in [0.05, 0.1) is 6.10 Å². The van der Waals surface area contributed by atoms with Crippen molar-refractivity contribution in [2.45, 2.75) is 26.0 Å². The first-order valence-electron chi connectivity index (χ1n) is 5.78. The summed E-state index contributed by atoms with van der Waals surface area (Å²) in [7, 11) is 0. The van der Waals surface area contributed by atoms with Crippen molar-refractivity contribution >= 4 is 17.3 Å². The maximum absolute atomic E-state index is 11.0. The standard InChI is InChI=1S/C12H17NO3S/c1-8-2-4-13(7-10(8)14)6-9-3-5-17-11(9)12(15)16/h3,5,8,10,14H,2,4,6-7H2,1H3,(H,15,16). The van der Waals surface area contributed by atoms with Gasteiger partial charge in [-0.3, -0.25) is 4.90 Å². The molecule has 0 saturated carbocycles. The third-order valence-corrected chi connectivity index (χ3v) is 4.28. The minimum atomic E-state index is -0.860. The summed E-state index contributed by atoms with van der Waals surface area (Å²) >= 11 is 1.26. The van der Waals surface area contributed by atoms with Crippen molar-refractivity contribution in [3.63, 3.8) is 0 Å². The molecule has 0 aromatic carbocycles. The first-order chi connectivity index (χ1) is 8.08. The highest BCUT2D eigenvalue weighted by molar-refractivity contribution is 7.12. The predicted molar refractivity (Wildman–Crippen MR) is 66.3 cm³/mol. The van der Waals surface area contributed by atoms with Crippen LogP contribution in [0.5, 0.6) is 0 Å². The predicted octanol–water partition coefficient (Wildman–Crippen LogP) is 1.65. The molecule has 1 aliphatic heterocycles. The maximum Gasteiger partial charge on any atom is 0.346 e. The number of carboxylic acid groups (broad SMARTS) is 1. The molecule has 0 radical (unpaired) electrons. The summed E-state index contributed by atoms with van der Waals surface area (Å²) in [6.45, 7) is 4.23. The van der Waals surface area contributed by atoms with E-state index in [2.05, 4.69) is 11.8 Å². The van der Waals surface area contributed by atoms with Crippen LogP contribution >= 0.6 is 11.3 Å². The second-order valence-corrected chi connectivity index (χ2v) is 5.56. The van der Waals surface area contributed by atoms with Gasteiger partial charge in [0.1, 0.15) is 4.88 Å². The molecule has 17 heavy (non-hydrogen) atoms. The van der Waals surface area contributed by atoms with E-state index in [0.717, 1.165) is 18.5 Å². The third kappa shape index (κ3) is 2.86. The van der Waals surface area contributed by atoms with Gasteiger partial charge in [0.25, 0.3) is 0 Å². The van der Waals surface area contributed by atoms with E-state index < -0.39 is 5.97 Å². The number of piperidine rings is 1. The molecule has 1 aliphatic rings. The number of thiophene rings is 1. The van der Waals surface area contributed by atoms with E-state index in [1.54, 1.807) is 0 Å². The largest absolute Gasteiger partial charge is 0.477 e. The molecule has 0 spiro atoms. The van der Waals surface area contributed by atoms with E-state index in [0.29, 0.717) is 23.9 Å². The Labute approximate surface area is 104 Å². The van der Waals surface area contributed by atoms with Crippen LogP contribution in [0.1, 0.15) is 28.6 Å². The van der Waals surface area contributed by atoms with E-state index >= 15 is 0 Å². The number of aromatic carboxylic acids is 1. The molecule has 2 unspecified atom stereocenters. The fourth-order valence-electron chi connectivity index (χ4n) is 2.15. The lowest BCUT2D eigenvalue weighted by molar-refractivity contribution is 0.0258. The Bertz CT molecular complexity index is 404. The van der Waals surface area contributed by atoms with Crippen LogP contribution in [0.2, 0.25) is 0 Å². The van der Waals surface area contributed by atoms with Crippen molar-refractivity contribution in [2.24, 2.45) is 5.92 Å². The highest BCUT2D eigenvalue weighted by Crippen LogP contribution is 2.22. The molecule has 0 amide bonds. The second kappa shape index (κ2) is 5.16. The molecule has 1 saturated heterocycles. The summed E-state index contributed by atoms with van der Waals surface area (Å²) in [4.78, 5) is 13.5. The fourth-order valence-corrected chi connectivity index (χ4v) is 2.90. The van der Waals surface area contributed by atoms with Crippen molar-refractivity contribution in [3.05, 3.63) is 21.9 Å². The van der Waals surface area contributed by atoms with Gasteiger partial charge in [-0.15, -0.1) is 11.3 Å². The van der Waals surface area contributed by atoms with Crippen molar-refractivity contribution in [2.75, 3.05) is 13.1 Å². The minimum absolute atomic E-state index is 0.296. The van der Waals surface area contributed by atoms with Crippen LogP contribution in [0.15, 0.2) is 11.4 Å². The second-order valence-electron chi connectivity index (χ2n) is 4.65. The number of carbonyl (C=O) groups is 1. The summed E-state index contributed by atoms with van der Waals surface area (Å²) in [5.41, 5.74) is 0.851. The molecule has 0 aliphatic carbocycles. The third-order valence-electron chi connectivity index (χ3n) is 3.34. The number of β-amino-alcohol motifs (C(OH)–C–C–N with tert-alkyl or cyclic N) is 1. The Balaban J connectivity index is 2.01. The van der Waals surface area contributed by atoms with Crippen LogP contribution in [0, 0.1) is 5.92 Å². The number of hydrogen-bond acceptors (Lipinski definition) is 4. The number of carboxylic acids is 1. The summed E-state index contributed by atoms with van der Waals surface area (Å²) in [5, 5.41) is 20.6. The molecule has 2 rings (SSSR count). The average molecular weight is 255 g/mol. The Morgan fingerprint density at radius 2 is 2.41 bits per heavy atom. The number of aliphatic hydroxyl groups excluding tert-OH is 1. The summed E-state index contributed by atoms with van der Waals surface area (Å²) in [6.07, 6.45) is 0.670. The van der Waals surface area contributed by atoms with Gasteiger partial charge in [0, 0.05) is 13.1 Å². The highest BCUT2D eigenvalue weighted by atomic mass is 32.1. The number of nitrogens with zero attached hydrogens (tertiary/aromatic N) is 1. The molecule has 5 heteroatoms. The molecular weight excluding hydrogens is 238 g/mol. The Hall–Kier alpha value is -0.910. The Morgan fingerprint density at radius 3 is 3.06 bits per heavy atom. The highest BCUT2D eigenvalue weighted by Gasteiger charge is 2.25. The summed E-state index contributed by atoms with van der Waals surface area (Å²) in [6, 6.07) is 1.86. The van der Waals surface area contributed by atoms with Gasteiger partial charge in [0.2, 0.25) is 0 Å². The van der Waals surface area contributed by atoms with Crippen LogP contribution in [-0.4, -0.2) is 40.3 Å². The first-order valence-corrected chi connectivity index (χ1v) is 6.66. The van der Waals surface area contributed by atoms with E-state index in [1.807, 2.05) is 11.4 Å².